The molecular formula is C11H17ClN4O2. The van der Waals surface area contributed by atoms with Gasteiger partial charge >= 0.3 is 5.97 Å². The van der Waals surface area contributed by atoms with Gasteiger partial charge in [-0.2, -0.15) is 4.98 Å². The van der Waals surface area contributed by atoms with Crippen molar-refractivity contribution in [3.8, 4) is 0 Å². The minimum atomic E-state index is -0.539. The van der Waals surface area contributed by atoms with Gasteiger partial charge < -0.3 is 15.8 Å². The first-order valence-electron chi connectivity index (χ1n) is 5.50. The number of anilines is 2. The average molecular weight is 273 g/mol. The van der Waals surface area contributed by atoms with E-state index in [1.165, 1.54) is 7.11 Å². The van der Waals surface area contributed by atoms with Gasteiger partial charge in [0.1, 0.15) is 6.04 Å². The summed E-state index contributed by atoms with van der Waals surface area (Å²) in [4.78, 5) is 19.5. The Morgan fingerprint density at radius 3 is 2.56 bits per heavy atom. The third-order valence-electron chi connectivity index (χ3n) is 2.52. The Labute approximate surface area is 111 Å². The quantitative estimate of drug-likeness (QED) is 0.640. The molecular weight excluding hydrogens is 256 g/mol. The number of aromatic nitrogens is 2. The molecule has 7 heteroatoms. The highest BCUT2D eigenvalue weighted by Gasteiger charge is 2.24. The van der Waals surface area contributed by atoms with Crippen LogP contribution in [0.1, 0.15) is 19.5 Å². The molecule has 1 heterocycles. The molecule has 1 aromatic heterocycles. The summed E-state index contributed by atoms with van der Waals surface area (Å²) in [7, 11) is 1.33. The van der Waals surface area contributed by atoms with Crippen LogP contribution < -0.4 is 11.1 Å². The van der Waals surface area contributed by atoms with Gasteiger partial charge in [0.25, 0.3) is 0 Å². The van der Waals surface area contributed by atoms with Gasteiger partial charge in [0, 0.05) is 0 Å². The number of hydrogen-bond acceptors (Lipinski definition) is 6. The lowest BCUT2D eigenvalue weighted by atomic mass is 10.0. The van der Waals surface area contributed by atoms with Crippen molar-refractivity contribution in [1.82, 2.24) is 9.97 Å². The molecule has 0 fully saturated rings. The van der Waals surface area contributed by atoms with Crippen LogP contribution in [-0.4, -0.2) is 29.1 Å². The molecule has 1 rings (SSSR count). The Bertz CT molecular complexity index is 451. The largest absolute Gasteiger partial charge is 0.467 e. The molecule has 0 aliphatic heterocycles. The fourth-order valence-corrected chi connectivity index (χ4v) is 1.64. The fourth-order valence-electron chi connectivity index (χ4n) is 1.43. The summed E-state index contributed by atoms with van der Waals surface area (Å²) in [6.45, 7) is 5.50. The Hall–Kier alpha value is -1.56. The number of aryl methyl sites for hydroxylation is 1. The standard InChI is InChI=1S/C11H17ClN4O2/c1-5(2)8(10(17)18-4)15-9-7(13)6(3)14-11(12)16-9/h5,8H,13H2,1-4H3,(H,14,15,16). The summed E-state index contributed by atoms with van der Waals surface area (Å²) in [6.07, 6.45) is 0. The first-order valence-corrected chi connectivity index (χ1v) is 5.88. The summed E-state index contributed by atoms with van der Waals surface area (Å²) >= 11 is 5.76. The van der Waals surface area contributed by atoms with Crippen LogP contribution in [0.25, 0.3) is 0 Å². The number of esters is 1. The van der Waals surface area contributed by atoms with Crippen LogP contribution in [-0.2, 0) is 9.53 Å². The number of carbonyl (C=O) groups excluding carboxylic acids is 1. The van der Waals surface area contributed by atoms with Crippen LogP contribution in [0.15, 0.2) is 0 Å². The van der Waals surface area contributed by atoms with E-state index in [1.54, 1.807) is 6.92 Å². The third kappa shape index (κ3) is 3.22. The smallest absolute Gasteiger partial charge is 0.328 e. The number of hydrogen-bond donors (Lipinski definition) is 2. The first-order chi connectivity index (χ1) is 8.36. The average Bonchev–Trinajstić information content (AvgIpc) is 2.30. The molecule has 0 aliphatic carbocycles. The number of methoxy groups -OCH3 is 1. The zero-order valence-corrected chi connectivity index (χ0v) is 11.6. The van der Waals surface area contributed by atoms with Crippen molar-refractivity contribution >= 4 is 29.1 Å². The molecule has 0 saturated carbocycles. The van der Waals surface area contributed by atoms with Crippen molar-refractivity contribution in [2.75, 3.05) is 18.2 Å². The number of ether oxygens (including phenoxy) is 1. The van der Waals surface area contributed by atoms with Gasteiger partial charge in [-0.25, -0.2) is 9.78 Å². The maximum absolute atomic E-state index is 11.6. The Morgan fingerprint density at radius 2 is 2.06 bits per heavy atom. The van der Waals surface area contributed by atoms with Crippen molar-refractivity contribution in [2.45, 2.75) is 26.8 Å². The van der Waals surface area contributed by atoms with Gasteiger partial charge in [-0.15, -0.1) is 0 Å². The second-order valence-corrected chi connectivity index (χ2v) is 4.57. The van der Waals surface area contributed by atoms with Crippen LogP contribution in [0.3, 0.4) is 0 Å². The summed E-state index contributed by atoms with van der Waals surface area (Å²) in [5, 5.41) is 3.02. The molecule has 0 aromatic carbocycles. The number of carbonyl (C=O) groups is 1. The predicted molar refractivity (Wildman–Crippen MR) is 70.5 cm³/mol. The van der Waals surface area contributed by atoms with E-state index in [1.807, 2.05) is 13.8 Å². The summed E-state index contributed by atoms with van der Waals surface area (Å²) < 4.78 is 4.73. The van der Waals surface area contributed by atoms with Crippen molar-refractivity contribution < 1.29 is 9.53 Å². The minimum Gasteiger partial charge on any atom is -0.467 e. The van der Waals surface area contributed by atoms with Crippen LogP contribution >= 0.6 is 11.6 Å². The van der Waals surface area contributed by atoms with E-state index < -0.39 is 6.04 Å². The SMILES string of the molecule is COC(=O)C(Nc1nc(Cl)nc(C)c1N)C(C)C. The summed E-state index contributed by atoms with van der Waals surface area (Å²) in [5.41, 5.74) is 6.77. The van der Waals surface area contributed by atoms with E-state index in [4.69, 9.17) is 22.1 Å². The van der Waals surface area contributed by atoms with Gasteiger partial charge in [0.15, 0.2) is 5.82 Å². The Kier molecular flexibility index (Phi) is 4.72. The highest BCUT2D eigenvalue weighted by Crippen LogP contribution is 2.22. The number of nitrogens with two attached hydrogens (primary N) is 1. The van der Waals surface area contributed by atoms with E-state index in [0.29, 0.717) is 17.2 Å². The number of halogens is 1. The lowest BCUT2D eigenvalue weighted by Gasteiger charge is -2.21. The molecule has 1 aromatic rings. The molecule has 0 amide bonds. The highest BCUT2D eigenvalue weighted by molar-refractivity contribution is 6.28. The molecule has 1 unspecified atom stereocenters. The predicted octanol–water partition coefficient (Wildman–Crippen LogP) is 1.63. The van der Waals surface area contributed by atoms with E-state index in [9.17, 15) is 4.79 Å². The molecule has 100 valence electrons. The molecule has 0 bridgehead atoms. The van der Waals surface area contributed by atoms with Gasteiger partial charge in [0.2, 0.25) is 5.28 Å². The molecule has 3 N–H and O–H groups in total. The second kappa shape index (κ2) is 5.86. The molecule has 0 spiro atoms. The van der Waals surface area contributed by atoms with Crippen molar-refractivity contribution in [3.63, 3.8) is 0 Å². The van der Waals surface area contributed by atoms with Gasteiger partial charge in [-0.1, -0.05) is 13.8 Å². The van der Waals surface area contributed by atoms with Crippen molar-refractivity contribution in [1.29, 1.82) is 0 Å². The molecule has 0 radical (unpaired) electrons. The van der Waals surface area contributed by atoms with E-state index in [2.05, 4.69) is 15.3 Å². The maximum atomic E-state index is 11.6. The molecule has 0 saturated heterocycles. The molecule has 6 nitrogen and oxygen atoms in total. The zero-order chi connectivity index (χ0) is 13.9. The molecule has 18 heavy (non-hydrogen) atoms. The second-order valence-electron chi connectivity index (χ2n) is 4.23. The lowest BCUT2D eigenvalue weighted by Crippen LogP contribution is -2.36. The number of rotatable bonds is 4. The van der Waals surface area contributed by atoms with Gasteiger partial charge in [0.05, 0.1) is 18.5 Å². The van der Waals surface area contributed by atoms with Crippen LogP contribution in [0.5, 0.6) is 0 Å². The highest BCUT2D eigenvalue weighted by atomic mass is 35.5. The fraction of sp³-hybridized carbons (Fsp3) is 0.545. The lowest BCUT2D eigenvalue weighted by molar-refractivity contribution is -0.142. The first kappa shape index (κ1) is 14.5. The number of nitrogen functional groups attached to an aromatic ring is 1. The van der Waals surface area contributed by atoms with E-state index in [0.717, 1.165) is 0 Å². The van der Waals surface area contributed by atoms with Crippen LogP contribution in [0, 0.1) is 12.8 Å². The normalized spacial score (nSPS) is 12.3. The van der Waals surface area contributed by atoms with Crippen molar-refractivity contribution in [2.24, 2.45) is 5.92 Å². The zero-order valence-electron chi connectivity index (χ0n) is 10.8. The Morgan fingerprint density at radius 1 is 1.44 bits per heavy atom. The van der Waals surface area contributed by atoms with E-state index in [-0.39, 0.29) is 17.2 Å². The van der Waals surface area contributed by atoms with Crippen molar-refractivity contribution in [3.05, 3.63) is 11.0 Å². The monoisotopic (exact) mass is 272 g/mol. The number of nitrogens with one attached hydrogen (secondary N) is 1. The van der Waals surface area contributed by atoms with Gasteiger partial charge in [-0.3, -0.25) is 0 Å². The van der Waals surface area contributed by atoms with Gasteiger partial charge in [-0.05, 0) is 24.4 Å². The number of nitrogens with zero attached hydrogens (tertiary/aromatic N) is 2. The summed E-state index contributed by atoms with van der Waals surface area (Å²) in [6, 6.07) is -0.539. The molecule has 0 aliphatic rings. The molecule has 1 atom stereocenters. The van der Waals surface area contributed by atoms with E-state index >= 15 is 0 Å². The third-order valence-corrected chi connectivity index (χ3v) is 2.69. The van der Waals surface area contributed by atoms with Crippen LogP contribution in [0.2, 0.25) is 5.28 Å². The van der Waals surface area contributed by atoms with Crippen LogP contribution in [0.4, 0.5) is 11.5 Å². The minimum absolute atomic E-state index is 0.0193. The Balaban J connectivity index is 3.04. The maximum Gasteiger partial charge on any atom is 0.328 e. The summed E-state index contributed by atoms with van der Waals surface area (Å²) in [5.74, 6) is -0.0146. The topological polar surface area (TPSA) is 90.1 Å².